The van der Waals surface area contributed by atoms with Gasteiger partial charge in [0, 0.05) is 12.2 Å². The number of nitrogens with zero attached hydrogens (tertiary/aromatic N) is 4. The number of rotatable bonds is 5. The molecular formula is C18H21ClN4O. The highest BCUT2D eigenvalue weighted by Gasteiger charge is 2.19. The molecule has 0 fully saturated rings. The van der Waals surface area contributed by atoms with Gasteiger partial charge >= 0.3 is 0 Å². The molecule has 0 aromatic carbocycles. The highest BCUT2D eigenvalue weighted by atomic mass is 35.5. The summed E-state index contributed by atoms with van der Waals surface area (Å²) in [6, 6.07) is 5.90. The lowest BCUT2D eigenvalue weighted by atomic mass is 10.1. The maximum atomic E-state index is 6.60. The summed E-state index contributed by atoms with van der Waals surface area (Å²) in [5.41, 5.74) is 4.27. The molecule has 24 heavy (non-hydrogen) atoms. The van der Waals surface area contributed by atoms with E-state index in [1.54, 1.807) is 6.20 Å². The van der Waals surface area contributed by atoms with E-state index in [0.29, 0.717) is 17.5 Å². The van der Waals surface area contributed by atoms with Gasteiger partial charge in [-0.15, -0.1) is 0 Å². The first-order valence-corrected chi connectivity index (χ1v) is 8.60. The minimum absolute atomic E-state index is 0.218. The highest BCUT2D eigenvalue weighted by Crippen LogP contribution is 2.34. The van der Waals surface area contributed by atoms with Crippen molar-refractivity contribution >= 4 is 22.6 Å². The van der Waals surface area contributed by atoms with Crippen molar-refractivity contribution < 1.29 is 4.74 Å². The third kappa shape index (κ3) is 2.84. The van der Waals surface area contributed by atoms with Crippen LogP contribution in [0.25, 0.3) is 22.3 Å². The van der Waals surface area contributed by atoms with Crippen LogP contribution in [0.3, 0.4) is 0 Å². The molecular weight excluding hydrogens is 324 g/mol. The van der Waals surface area contributed by atoms with Gasteiger partial charge in [-0.25, -0.2) is 9.97 Å². The zero-order valence-electron chi connectivity index (χ0n) is 14.4. The minimum Gasteiger partial charge on any atom is -0.477 e. The van der Waals surface area contributed by atoms with E-state index in [-0.39, 0.29) is 6.04 Å². The third-order valence-electron chi connectivity index (χ3n) is 3.83. The van der Waals surface area contributed by atoms with Gasteiger partial charge in [-0.1, -0.05) is 18.5 Å². The van der Waals surface area contributed by atoms with E-state index in [0.717, 1.165) is 34.4 Å². The first-order valence-electron chi connectivity index (χ1n) is 8.22. The summed E-state index contributed by atoms with van der Waals surface area (Å²) < 4.78 is 7.57. The van der Waals surface area contributed by atoms with Crippen molar-refractivity contribution in [1.29, 1.82) is 0 Å². The van der Waals surface area contributed by atoms with Gasteiger partial charge in [-0.2, -0.15) is 5.10 Å². The first-order chi connectivity index (χ1) is 11.6. The van der Waals surface area contributed by atoms with Crippen LogP contribution in [0, 0.1) is 0 Å². The number of halogens is 1. The van der Waals surface area contributed by atoms with E-state index >= 15 is 0 Å². The number of hydrogen-bond donors (Lipinski definition) is 0. The zero-order chi connectivity index (χ0) is 17.3. The van der Waals surface area contributed by atoms with Gasteiger partial charge in [0.15, 0.2) is 0 Å². The molecule has 0 aliphatic carbocycles. The van der Waals surface area contributed by atoms with Crippen LogP contribution in [0.1, 0.15) is 39.4 Å². The van der Waals surface area contributed by atoms with Crippen LogP contribution in [0.4, 0.5) is 0 Å². The van der Waals surface area contributed by atoms with Crippen LogP contribution in [0.5, 0.6) is 5.88 Å². The quantitative estimate of drug-likeness (QED) is 0.673. The molecule has 126 valence electrons. The Morgan fingerprint density at radius 2 is 2.08 bits per heavy atom. The molecule has 5 nitrogen and oxygen atoms in total. The van der Waals surface area contributed by atoms with E-state index in [9.17, 15) is 0 Å². The Labute approximate surface area is 146 Å². The number of pyridine rings is 2. The molecule has 3 heterocycles. The Morgan fingerprint density at radius 3 is 2.75 bits per heavy atom. The molecule has 0 saturated heterocycles. The van der Waals surface area contributed by atoms with Crippen molar-refractivity contribution in [2.24, 2.45) is 0 Å². The normalized spacial score (nSPS) is 11.4. The van der Waals surface area contributed by atoms with Crippen molar-refractivity contribution in [1.82, 2.24) is 19.7 Å². The molecule has 3 aromatic rings. The fourth-order valence-electron chi connectivity index (χ4n) is 2.74. The number of aryl methyl sites for hydroxylation is 1. The van der Waals surface area contributed by atoms with Crippen molar-refractivity contribution in [3.05, 3.63) is 35.1 Å². The predicted molar refractivity (Wildman–Crippen MR) is 96.7 cm³/mol. The van der Waals surface area contributed by atoms with Gasteiger partial charge in [0.05, 0.1) is 28.6 Å². The van der Waals surface area contributed by atoms with Gasteiger partial charge in [0.1, 0.15) is 11.0 Å². The average molecular weight is 345 g/mol. The van der Waals surface area contributed by atoms with Crippen molar-refractivity contribution in [3.63, 3.8) is 0 Å². The van der Waals surface area contributed by atoms with Gasteiger partial charge in [-0.3, -0.25) is 4.68 Å². The Morgan fingerprint density at radius 1 is 1.29 bits per heavy atom. The van der Waals surface area contributed by atoms with Crippen LogP contribution in [0.2, 0.25) is 5.02 Å². The van der Waals surface area contributed by atoms with Crippen molar-refractivity contribution in [3.8, 4) is 17.1 Å². The Balaban J connectivity index is 2.25. The molecule has 0 unspecified atom stereocenters. The lowest BCUT2D eigenvalue weighted by Gasteiger charge is -2.11. The standard InChI is InChI=1S/C18H21ClN4O/c1-5-14-16-17(23(22-14)11(3)4)13(19)10-15(21-16)12-8-7-9-20-18(12)24-6-2/h7-11H,5-6H2,1-4H3. The second-order valence-electron chi connectivity index (χ2n) is 5.81. The highest BCUT2D eigenvalue weighted by molar-refractivity contribution is 6.35. The first kappa shape index (κ1) is 16.7. The summed E-state index contributed by atoms with van der Waals surface area (Å²) in [5, 5.41) is 5.33. The molecule has 0 spiro atoms. The smallest absolute Gasteiger partial charge is 0.222 e. The van der Waals surface area contributed by atoms with Gasteiger partial charge in [0.25, 0.3) is 0 Å². The molecule has 0 radical (unpaired) electrons. The number of hydrogen-bond acceptors (Lipinski definition) is 4. The minimum atomic E-state index is 0.218. The Kier molecular flexibility index (Phi) is 4.71. The number of fused-ring (bicyclic) bond motifs is 1. The predicted octanol–water partition coefficient (Wildman–Crippen LogP) is 4.69. The van der Waals surface area contributed by atoms with Crippen molar-refractivity contribution in [2.45, 2.75) is 40.2 Å². The second kappa shape index (κ2) is 6.77. The Hall–Kier alpha value is -2.14. The molecule has 0 aliphatic heterocycles. The number of ether oxygens (including phenoxy) is 1. The summed E-state index contributed by atoms with van der Waals surface area (Å²) in [6.07, 6.45) is 2.51. The zero-order valence-corrected chi connectivity index (χ0v) is 15.1. The van der Waals surface area contributed by atoms with Gasteiger partial charge in [0.2, 0.25) is 5.88 Å². The van der Waals surface area contributed by atoms with Gasteiger partial charge < -0.3 is 4.74 Å². The average Bonchev–Trinajstić information content (AvgIpc) is 2.95. The maximum absolute atomic E-state index is 6.60. The lowest BCUT2D eigenvalue weighted by molar-refractivity contribution is 0.328. The molecule has 0 bridgehead atoms. The van der Waals surface area contributed by atoms with Gasteiger partial charge in [-0.05, 0) is 45.4 Å². The Bertz CT molecular complexity index is 873. The fraction of sp³-hybridized carbons (Fsp3) is 0.389. The molecule has 3 rings (SSSR count). The summed E-state index contributed by atoms with van der Waals surface area (Å²) in [7, 11) is 0. The van der Waals surface area contributed by atoms with E-state index in [2.05, 4.69) is 30.9 Å². The summed E-state index contributed by atoms with van der Waals surface area (Å²) >= 11 is 6.60. The van der Waals surface area contributed by atoms with E-state index in [4.69, 9.17) is 21.3 Å². The molecule has 0 aliphatic rings. The lowest BCUT2D eigenvalue weighted by Crippen LogP contribution is -2.03. The van der Waals surface area contributed by atoms with E-state index in [1.165, 1.54) is 0 Å². The van der Waals surface area contributed by atoms with Crippen LogP contribution in [-0.2, 0) is 6.42 Å². The summed E-state index contributed by atoms with van der Waals surface area (Å²) in [4.78, 5) is 9.14. The molecule has 0 amide bonds. The molecule has 0 N–H and O–H groups in total. The fourth-order valence-corrected chi connectivity index (χ4v) is 3.02. The maximum Gasteiger partial charge on any atom is 0.222 e. The summed E-state index contributed by atoms with van der Waals surface area (Å²) in [5.74, 6) is 0.567. The molecule has 6 heteroatoms. The second-order valence-corrected chi connectivity index (χ2v) is 6.22. The summed E-state index contributed by atoms with van der Waals surface area (Å²) in [6.45, 7) is 8.73. The topological polar surface area (TPSA) is 52.8 Å². The van der Waals surface area contributed by atoms with E-state index < -0.39 is 0 Å². The van der Waals surface area contributed by atoms with Crippen LogP contribution in [0.15, 0.2) is 24.4 Å². The monoisotopic (exact) mass is 344 g/mol. The largest absolute Gasteiger partial charge is 0.477 e. The molecule has 3 aromatic heterocycles. The SMILES string of the molecule is CCOc1ncccc1-c1cc(Cl)c2c(n1)c(CC)nn2C(C)C. The molecule has 0 atom stereocenters. The van der Waals surface area contributed by atoms with Crippen LogP contribution < -0.4 is 4.74 Å². The number of aromatic nitrogens is 4. The molecule has 0 saturated carbocycles. The van der Waals surface area contributed by atoms with Crippen LogP contribution >= 0.6 is 11.6 Å². The van der Waals surface area contributed by atoms with E-state index in [1.807, 2.05) is 29.8 Å². The van der Waals surface area contributed by atoms with Crippen molar-refractivity contribution in [2.75, 3.05) is 6.61 Å². The van der Waals surface area contributed by atoms with Crippen LogP contribution in [-0.4, -0.2) is 26.4 Å². The third-order valence-corrected chi connectivity index (χ3v) is 4.12.